The monoisotopic (exact) mass is 621 g/mol. The number of benzene rings is 2. The fraction of sp³-hybridized carbons (Fsp3) is 0.208. The Balaban J connectivity index is 1.49. The highest BCUT2D eigenvalue weighted by Crippen LogP contribution is 2.54. The number of fused-ring (bicyclic) bond motifs is 2. The number of nitrogens with zero attached hydrogens (tertiary/aromatic N) is 1. The number of hydrogen-bond donors (Lipinski definition) is 3. The quantitative estimate of drug-likeness (QED) is 0.341. The highest BCUT2D eigenvalue weighted by atomic mass is 79.9. The number of H-pyrrole nitrogens is 1. The predicted molar refractivity (Wildman–Crippen MR) is 139 cm³/mol. The van der Waals surface area contributed by atoms with Crippen molar-refractivity contribution in [2.75, 3.05) is 18.5 Å². The van der Waals surface area contributed by atoms with Gasteiger partial charge in [0.05, 0.1) is 10.9 Å². The Bertz CT molecular complexity index is 1520. The summed E-state index contributed by atoms with van der Waals surface area (Å²) in [5, 5.41) is 11.3. The summed E-state index contributed by atoms with van der Waals surface area (Å²) in [6.07, 6.45) is 0. The first-order chi connectivity index (χ1) is 18.1. The van der Waals surface area contributed by atoms with Crippen LogP contribution in [0.5, 0.6) is 5.75 Å². The molecule has 3 N–H and O–H groups in total. The Hall–Kier alpha value is -3.49. The number of hydrogen-bond acceptors (Lipinski definition) is 8. The van der Waals surface area contributed by atoms with Gasteiger partial charge in [-0.05, 0) is 42.5 Å². The molecule has 1 fully saturated rings. The van der Waals surface area contributed by atoms with Crippen molar-refractivity contribution in [3.8, 4) is 5.75 Å². The van der Waals surface area contributed by atoms with Crippen molar-refractivity contribution in [1.29, 1.82) is 0 Å². The van der Waals surface area contributed by atoms with Gasteiger partial charge < -0.3 is 20.1 Å². The number of carbonyl (C=O) groups excluding carboxylic acids is 3. The van der Waals surface area contributed by atoms with Gasteiger partial charge in [-0.15, -0.1) is 0 Å². The van der Waals surface area contributed by atoms with Gasteiger partial charge in [0.25, 0.3) is 5.91 Å². The van der Waals surface area contributed by atoms with Crippen molar-refractivity contribution in [3.05, 3.63) is 72.9 Å². The molecule has 2 aliphatic heterocycles. The minimum atomic E-state index is -1.33. The Morgan fingerprint density at radius 3 is 2.58 bits per heavy atom. The van der Waals surface area contributed by atoms with Crippen LogP contribution in [-0.2, 0) is 19.2 Å². The van der Waals surface area contributed by atoms with E-state index in [1.807, 2.05) is 0 Å². The smallest absolute Gasteiger partial charge is 0.323 e. The minimum absolute atomic E-state index is 0.238. The normalized spacial score (nSPS) is 20.2. The highest BCUT2D eigenvalue weighted by molar-refractivity contribution is 9.10. The lowest BCUT2D eigenvalue weighted by atomic mass is 9.82. The third-order valence-electron chi connectivity index (χ3n) is 6.00. The molecule has 1 aromatic heterocycles. The van der Waals surface area contributed by atoms with Crippen molar-refractivity contribution < 1.29 is 33.4 Å². The van der Waals surface area contributed by atoms with Gasteiger partial charge in [-0.3, -0.25) is 28.9 Å². The van der Waals surface area contributed by atoms with Crippen LogP contribution in [0.25, 0.3) is 0 Å². The van der Waals surface area contributed by atoms with Crippen LogP contribution in [0, 0.1) is 11.7 Å². The molecule has 38 heavy (non-hydrogen) atoms. The van der Waals surface area contributed by atoms with Crippen molar-refractivity contribution in [1.82, 2.24) is 9.88 Å². The topological polar surface area (TPSA) is 146 Å². The highest BCUT2D eigenvalue weighted by Gasteiger charge is 2.56. The maximum absolute atomic E-state index is 13.4. The molecule has 10 nitrogen and oxygen atoms in total. The second-order valence-corrected chi connectivity index (χ2v) is 11.5. The van der Waals surface area contributed by atoms with E-state index >= 15 is 0 Å². The number of thioether (sulfide) groups is 1. The Morgan fingerprint density at radius 2 is 1.87 bits per heavy atom. The summed E-state index contributed by atoms with van der Waals surface area (Å²) >= 11 is 5.32. The molecule has 5 rings (SSSR count). The molecule has 2 aromatic carbocycles. The number of carboxylic acids is 1. The Morgan fingerprint density at radius 1 is 1.13 bits per heavy atom. The number of nitrogens with one attached hydrogen (secondary N) is 2. The first-order valence-corrected chi connectivity index (χ1v) is 13.6. The molecule has 196 valence electrons. The summed E-state index contributed by atoms with van der Waals surface area (Å²) in [7, 11) is 0. The van der Waals surface area contributed by atoms with E-state index in [2.05, 4.69) is 26.2 Å². The fourth-order valence-electron chi connectivity index (χ4n) is 4.47. The van der Waals surface area contributed by atoms with E-state index in [0.717, 1.165) is 28.0 Å². The summed E-state index contributed by atoms with van der Waals surface area (Å²) in [6, 6.07) is 10.1. The number of anilines is 1. The maximum atomic E-state index is 13.4. The van der Waals surface area contributed by atoms with E-state index < -0.39 is 59.7 Å². The number of rotatable bonds is 7. The number of halogens is 2. The number of aromatic amines is 1. The average Bonchev–Trinajstić information content (AvgIpc) is 3.35. The molecule has 14 heteroatoms. The average molecular weight is 622 g/mol. The number of imide groups is 1. The lowest BCUT2D eigenvalue weighted by Crippen LogP contribution is -2.36. The van der Waals surface area contributed by atoms with E-state index in [1.54, 1.807) is 18.2 Å². The largest absolute Gasteiger partial charge is 0.483 e. The molecule has 0 radical (unpaired) electrons. The first kappa shape index (κ1) is 26.1. The molecular formula is C24H17BrFN3O7S2. The molecule has 2 aliphatic rings. The molecule has 1 saturated heterocycles. The van der Waals surface area contributed by atoms with Crippen LogP contribution < -0.4 is 14.9 Å². The summed E-state index contributed by atoms with van der Waals surface area (Å²) in [6.45, 7) is -1.19. The van der Waals surface area contributed by atoms with Crippen molar-refractivity contribution in [3.63, 3.8) is 0 Å². The van der Waals surface area contributed by atoms with Crippen LogP contribution in [0.2, 0.25) is 0 Å². The zero-order valence-electron chi connectivity index (χ0n) is 19.1. The van der Waals surface area contributed by atoms with Gasteiger partial charge in [0, 0.05) is 26.5 Å². The number of aliphatic carboxylic acids is 1. The van der Waals surface area contributed by atoms with Gasteiger partial charge in [-0.25, -0.2) is 4.39 Å². The van der Waals surface area contributed by atoms with E-state index in [4.69, 9.17) is 4.74 Å². The van der Waals surface area contributed by atoms with Gasteiger partial charge >= 0.3 is 10.8 Å². The lowest BCUT2D eigenvalue weighted by Gasteiger charge is -2.31. The maximum Gasteiger partial charge on any atom is 0.323 e. The SMILES string of the molecule is O=C(O)CN1C(=O)C2Sc3[nH]c(=O)sc3[C@H](c3cc(Br)ccc3OCC(=O)Nc3ccc(F)cc3)C2C1=O. The predicted octanol–water partition coefficient (Wildman–Crippen LogP) is 3.03. The molecule has 0 aliphatic carbocycles. The zero-order valence-corrected chi connectivity index (χ0v) is 22.3. The molecule has 3 aromatic rings. The Kier molecular flexibility index (Phi) is 7.11. The van der Waals surface area contributed by atoms with Gasteiger partial charge in [0.1, 0.15) is 23.4 Å². The van der Waals surface area contributed by atoms with Gasteiger partial charge in [-0.2, -0.15) is 0 Å². The molecule has 3 heterocycles. The molecule has 3 atom stereocenters. The van der Waals surface area contributed by atoms with Gasteiger partial charge in [0.2, 0.25) is 11.8 Å². The summed E-state index contributed by atoms with van der Waals surface area (Å²) in [5.41, 5.74) is 0.817. The summed E-state index contributed by atoms with van der Waals surface area (Å²) in [5.74, 6) is -5.17. The van der Waals surface area contributed by atoms with Crippen molar-refractivity contribution >= 4 is 68.4 Å². The minimum Gasteiger partial charge on any atom is -0.483 e. The van der Waals surface area contributed by atoms with Gasteiger partial charge in [0.15, 0.2) is 6.61 Å². The van der Waals surface area contributed by atoms with Crippen LogP contribution in [0.4, 0.5) is 10.1 Å². The zero-order chi connectivity index (χ0) is 27.1. The van der Waals surface area contributed by atoms with Crippen LogP contribution in [-0.4, -0.2) is 57.1 Å². The molecule has 0 spiro atoms. The van der Waals surface area contributed by atoms with Crippen LogP contribution in [0.3, 0.4) is 0 Å². The van der Waals surface area contributed by atoms with E-state index in [9.17, 15) is 33.5 Å². The number of carbonyl (C=O) groups is 4. The summed E-state index contributed by atoms with van der Waals surface area (Å²) < 4.78 is 19.6. The third kappa shape index (κ3) is 4.98. The summed E-state index contributed by atoms with van der Waals surface area (Å²) in [4.78, 5) is 66.1. The number of ether oxygens (including phenoxy) is 1. The standard InChI is InChI=1S/C24H17BrFN3O7S2/c25-10-1-6-14(36-9-15(30)27-12-4-2-11(26)3-5-12)13(7-10)17-18-20(37-21-19(17)38-24(35)28-21)23(34)29(22(18)33)8-16(31)32/h1-7,17-18,20H,8-9H2,(H,27,30)(H,28,35)(H,31,32)/t17-,18?,20?/m1/s1. The third-order valence-corrected chi connectivity index (χ3v) is 8.90. The van der Waals surface area contributed by atoms with Gasteiger partial charge in [-0.1, -0.05) is 39.0 Å². The number of carboxylic acid groups (broad SMARTS) is 1. The molecule has 0 bridgehead atoms. The van der Waals surface area contributed by atoms with E-state index in [-0.39, 0.29) is 10.6 Å². The Labute approximate surface area is 230 Å². The molecule has 2 unspecified atom stereocenters. The fourth-order valence-corrected chi connectivity index (χ4v) is 7.37. The van der Waals surface area contributed by atoms with Crippen LogP contribution >= 0.6 is 39.0 Å². The molecule has 3 amide bonds. The molecular weight excluding hydrogens is 605 g/mol. The second-order valence-electron chi connectivity index (χ2n) is 8.43. The van der Waals surface area contributed by atoms with Crippen molar-refractivity contribution in [2.45, 2.75) is 16.2 Å². The van der Waals surface area contributed by atoms with E-state index in [1.165, 1.54) is 24.3 Å². The number of amides is 3. The second kappa shape index (κ2) is 10.3. The first-order valence-electron chi connectivity index (χ1n) is 11.1. The van der Waals surface area contributed by atoms with Crippen LogP contribution in [0.15, 0.2) is 56.8 Å². The lowest BCUT2D eigenvalue weighted by molar-refractivity contribution is -0.149. The van der Waals surface area contributed by atoms with E-state index in [0.29, 0.717) is 25.6 Å². The number of likely N-dealkylation sites (tertiary alicyclic amines) is 1. The number of aromatic nitrogens is 1. The van der Waals surface area contributed by atoms with Crippen LogP contribution in [0.1, 0.15) is 16.4 Å². The molecule has 0 saturated carbocycles. The number of thiazole rings is 1. The van der Waals surface area contributed by atoms with Crippen molar-refractivity contribution in [2.24, 2.45) is 5.92 Å².